The first-order valence-electron chi connectivity index (χ1n) is 17.6. The number of methoxy groups -OCH3 is 1. The van der Waals surface area contributed by atoms with Crippen LogP contribution >= 0.6 is 11.6 Å². The molecule has 2 aliphatic carbocycles. The van der Waals surface area contributed by atoms with E-state index in [1.54, 1.807) is 24.1 Å². The predicted octanol–water partition coefficient (Wildman–Crippen LogP) is 5.59. The maximum Gasteiger partial charge on any atom is 0.272 e. The minimum absolute atomic E-state index is 0.00888. The molecule has 3 heterocycles. The molecule has 1 N–H and O–H groups in total. The number of sulfonamides is 1. The third-order valence-electron chi connectivity index (χ3n) is 11.4. The van der Waals surface area contributed by atoms with E-state index in [1.807, 2.05) is 25.1 Å². The van der Waals surface area contributed by atoms with Gasteiger partial charge in [-0.1, -0.05) is 36.7 Å². The Hall–Kier alpha value is -2.77. The van der Waals surface area contributed by atoms with Crippen LogP contribution in [0, 0.1) is 17.8 Å². The molecule has 2 aromatic rings. The lowest BCUT2D eigenvalue weighted by Gasteiger charge is -2.46. The summed E-state index contributed by atoms with van der Waals surface area (Å²) in [6.45, 7) is 3.10. The number of hydrogen-bond donors (Lipinski definition) is 1. The standard InChI is InChI=1S/C37H46ClF2N3O6S/c1-24-5-3-7-32(47-2)29-11-8-26(29)19-43-20-36(14-4-6-25-17-27(38)9-12-30(25)36)23-49-33-13-10-28(18-31(33)43)50(45,46)41-35(44)34(24)48-16-15-42-21-37(39,40)22-42/h3,7,9-10,12-13,17-18,24,26,29,32,34H,4-6,8,11,14-16,19-23H2,1-2H3,(H,41,44)/b7-3+/t24-,26-,29+,32-,34+,36-/m0/s1. The molecule has 1 saturated carbocycles. The number of nitrogens with one attached hydrogen (secondary N) is 1. The van der Waals surface area contributed by atoms with E-state index in [-0.39, 0.29) is 48.6 Å². The van der Waals surface area contributed by atoms with Gasteiger partial charge >= 0.3 is 0 Å². The molecule has 0 unspecified atom stereocenters. The number of halogens is 3. The number of carbonyl (C=O) groups excluding carboxylic acids is 1. The molecule has 0 aromatic heterocycles. The molecule has 5 aliphatic rings. The summed E-state index contributed by atoms with van der Waals surface area (Å²) in [5, 5.41) is 0.708. The summed E-state index contributed by atoms with van der Waals surface area (Å²) in [6, 6.07) is 10.9. The highest BCUT2D eigenvalue weighted by Gasteiger charge is 2.45. The van der Waals surface area contributed by atoms with E-state index in [2.05, 4.69) is 21.8 Å². The smallest absolute Gasteiger partial charge is 0.272 e. The third-order valence-corrected chi connectivity index (χ3v) is 13.0. The van der Waals surface area contributed by atoms with E-state index in [9.17, 15) is 22.0 Å². The van der Waals surface area contributed by atoms with Crippen molar-refractivity contribution in [3.05, 3.63) is 64.7 Å². The zero-order valence-corrected chi connectivity index (χ0v) is 30.2. The van der Waals surface area contributed by atoms with Crippen molar-refractivity contribution in [2.24, 2.45) is 17.8 Å². The van der Waals surface area contributed by atoms with Gasteiger partial charge in [0.05, 0.1) is 43.0 Å². The molecule has 0 radical (unpaired) electrons. The van der Waals surface area contributed by atoms with Gasteiger partial charge in [-0.25, -0.2) is 21.9 Å². The van der Waals surface area contributed by atoms with Crippen LogP contribution in [0.2, 0.25) is 5.02 Å². The largest absolute Gasteiger partial charge is 0.490 e. The Labute approximate surface area is 298 Å². The zero-order chi connectivity index (χ0) is 35.3. The normalized spacial score (nSPS) is 32.7. The number of alkyl halides is 2. The second-order valence-electron chi connectivity index (χ2n) is 14.9. The molecule has 13 heteroatoms. The van der Waals surface area contributed by atoms with E-state index in [0.717, 1.165) is 32.1 Å². The van der Waals surface area contributed by atoms with Crippen LogP contribution in [-0.2, 0) is 36.1 Å². The first kappa shape index (κ1) is 35.6. The van der Waals surface area contributed by atoms with Gasteiger partial charge in [0, 0.05) is 37.2 Å². The number of carbonyl (C=O) groups is 1. The van der Waals surface area contributed by atoms with Crippen LogP contribution < -0.4 is 14.4 Å². The molecule has 2 bridgehead atoms. The van der Waals surface area contributed by atoms with E-state index in [1.165, 1.54) is 17.2 Å². The monoisotopic (exact) mass is 733 g/mol. The van der Waals surface area contributed by atoms with Gasteiger partial charge < -0.3 is 19.1 Å². The number of benzene rings is 2. The maximum atomic E-state index is 13.9. The quantitative estimate of drug-likeness (QED) is 0.398. The average Bonchev–Trinajstić information content (AvgIpc) is 3.19. The third kappa shape index (κ3) is 7.15. The maximum absolute atomic E-state index is 13.9. The lowest BCUT2D eigenvalue weighted by Crippen LogP contribution is -2.57. The van der Waals surface area contributed by atoms with Crippen LogP contribution in [0.15, 0.2) is 53.4 Å². The van der Waals surface area contributed by atoms with Gasteiger partial charge in [-0.05, 0) is 97.7 Å². The molecule has 6 atom stereocenters. The SMILES string of the molecule is CO[C@H]1/C=C/C[C@H](C)[C@@H](OCCN2CC(F)(F)C2)C(=O)NS(=O)(=O)c2ccc3c(c2)N(C[C@@H]2CC[C@H]21)C[C@@]1(CCCc2cc(Cl)ccc21)CO3. The van der Waals surface area contributed by atoms with Gasteiger partial charge in [0.2, 0.25) is 0 Å². The van der Waals surface area contributed by atoms with Crippen LogP contribution in [0.3, 0.4) is 0 Å². The van der Waals surface area contributed by atoms with Crippen LogP contribution in [0.1, 0.15) is 50.2 Å². The fourth-order valence-corrected chi connectivity index (χ4v) is 9.78. The molecular formula is C37H46ClF2N3O6S. The highest BCUT2D eigenvalue weighted by Crippen LogP contribution is 2.47. The van der Waals surface area contributed by atoms with Crippen molar-refractivity contribution in [3.63, 3.8) is 0 Å². The predicted molar refractivity (Wildman–Crippen MR) is 187 cm³/mol. The summed E-state index contributed by atoms with van der Waals surface area (Å²) in [5.41, 5.74) is 2.79. The highest BCUT2D eigenvalue weighted by atomic mass is 35.5. The van der Waals surface area contributed by atoms with Gasteiger partial charge in [0.15, 0.2) is 0 Å². The molecule has 50 heavy (non-hydrogen) atoms. The molecule has 1 spiro atoms. The Morgan fingerprint density at radius 3 is 2.68 bits per heavy atom. The van der Waals surface area contributed by atoms with Crippen LogP contribution in [0.5, 0.6) is 5.75 Å². The summed E-state index contributed by atoms with van der Waals surface area (Å²) >= 11 is 6.42. The van der Waals surface area contributed by atoms with Gasteiger partial charge in [0.1, 0.15) is 11.9 Å². The molecular weight excluding hydrogens is 688 g/mol. The number of amides is 1. The lowest BCUT2D eigenvalue weighted by atomic mass is 9.68. The van der Waals surface area contributed by atoms with E-state index < -0.39 is 33.9 Å². The zero-order valence-electron chi connectivity index (χ0n) is 28.6. The van der Waals surface area contributed by atoms with Crippen molar-refractivity contribution in [2.45, 2.75) is 73.9 Å². The Balaban J connectivity index is 1.22. The second kappa shape index (κ2) is 14.0. The van der Waals surface area contributed by atoms with Crippen LogP contribution in [0.4, 0.5) is 14.5 Å². The number of likely N-dealkylation sites (tertiary alicyclic amines) is 1. The molecule has 9 nitrogen and oxygen atoms in total. The van der Waals surface area contributed by atoms with E-state index >= 15 is 0 Å². The van der Waals surface area contributed by atoms with E-state index in [4.69, 9.17) is 25.8 Å². The van der Waals surface area contributed by atoms with Gasteiger partial charge in [0.25, 0.3) is 21.9 Å². The average molecular weight is 734 g/mol. The number of rotatable bonds is 5. The summed E-state index contributed by atoms with van der Waals surface area (Å²) < 4.78 is 75.3. The van der Waals surface area contributed by atoms with Crippen LogP contribution in [0.25, 0.3) is 0 Å². The fraction of sp³-hybridized carbons (Fsp3) is 0.595. The van der Waals surface area contributed by atoms with Crippen molar-refractivity contribution < 1.29 is 36.2 Å². The fourth-order valence-electron chi connectivity index (χ4n) is 8.57. The molecule has 2 fully saturated rings. The minimum Gasteiger partial charge on any atom is -0.490 e. The first-order valence-corrected chi connectivity index (χ1v) is 19.5. The Kier molecular flexibility index (Phi) is 9.97. The Morgan fingerprint density at radius 1 is 1.12 bits per heavy atom. The van der Waals surface area contributed by atoms with Crippen LogP contribution in [-0.4, -0.2) is 90.4 Å². The number of allylic oxidation sites excluding steroid dienone is 1. The first-order chi connectivity index (χ1) is 23.9. The highest BCUT2D eigenvalue weighted by molar-refractivity contribution is 7.90. The summed E-state index contributed by atoms with van der Waals surface area (Å²) in [7, 11) is -2.59. The topological polar surface area (TPSA) is 97.4 Å². The number of nitrogens with zero attached hydrogens (tertiary/aromatic N) is 2. The summed E-state index contributed by atoms with van der Waals surface area (Å²) in [6.07, 6.45) is 8.09. The molecule has 272 valence electrons. The Bertz CT molecular complexity index is 1740. The second-order valence-corrected chi connectivity index (χ2v) is 17.0. The number of fused-ring (bicyclic) bond motifs is 4. The minimum atomic E-state index is -4.31. The molecule has 7 rings (SSSR count). The van der Waals surface area contributed by atoms with Gasteiger partial charge in [-0.3, -0.25) is 9.69 Å². The van der Waals surface area contributed by atoms with Crippen molar-refractivity contribution in [3.8, 4) is 5.75 Å². The van der Waals surface area contributed by atoms with Crippen molar-refractivity contribution in [1.82, 2.24) is 9.62 Å². The van der Waals surface area contributed by atoms with Gasteiger partial charge in [-0.15, -0.1) is 0 Å². The van der Waals surface area contributed by atoms with Gasteiger partial charge in [-0.2, -0.15) is 0 Å². The molecule has 1 amide bonds. The van der Waals surface area contributed by atoms with Crippen molar-refractivity contribution >= 4 is 33.2 Å². The number of hydrogen-bond acceptors (Lipinski definition) is 8. The molecule has 2 aromatic carbocycles. The van der Waals surface area contributed by atoms with Crippen molar-refractivity contribution in [1.29, 1.82) is 0 Å². The molecule has 1 saturated heterocycles. The number of aryl methyl sites for hydroxylation is 1. The van der Waals surface area contributed by atoms with E-state index in [0.29, 0.717) is 48.5 Å². The molecule has 3 aliphatic heterocycles. The Morgan fingerprint density at radius 2 is 1.94 bits per heavy atom. The number of anilines is 1. The summed E-state index contributed by atoms with van der Waals surface area (Å²) in [5.74, 6) is -2.75. The summed E-state index contributed by atoms with van der Waals surface area (Å²) in [4.78, 5) is 17.5. The lowest BCUT2D eigenvalue weighted by molar-refractivity contribution is -0.145. The number of ether oxygens (including phenoxy) is 3. The van der Waals surface area contributed by atoms with Crippen molar-refractivity contribution in [2.75, 3.05) is 57.9 Å².